The van der Waals surface area contributed by atoms with Gasteiger partial charge in [-0.1, -0.05) is 18.7 Å². The van der Waals surface area contributed by atoms with Crippen LogP contribution in [-0.4, -0.2) is 5.91 Å². The smallest absolute Gasteiger partial charge is 0.228 e. The molecule has 0 aromatic carbocycles. The molecular weight excluding hydrogens is 138 g/mol. The Kier molecular flexibility index (Phi) is 2.26. The van der Waals surface area contributed by atoms with Gasteiger partial charge in [-0.2, -0.15) is 0 Å². The molecule has 11 heavy (non-hydrogen) atoms. The van der Waals surface area contributed by atoms with Crippen molar-refractivity contribution in [2.45, 2.75) is 13.3 Å². The van der Waals surface area contributed by atoms with Crippen LogP contribution in [0.15, 0.2) is 36.1 Å². The summed E-state index contributed by atoms with van der Waals surface area (Å²) in [7, 11) is 0. The van der Waals surface area contributed by atoms with E-state index in [1.165, 1.54) is 0 Å². The van der Waals surface area contributed by atoms with Crippen molar-refractivity contribution in [3.8, 4) is 0 Å². The molecule has 0 saturated carbocycles. The summed E-state index contributed by atoms with van der Waals surface area (Å²) in [5, 5.41) is 2.74. The van der Waals surface area contributed by atoms with E-state index in [0.717, 1.165) is 11.3 Å². The average Bonchev–Trinajstić information content (AvgIpc) is 2.32. The SMILES string of the molecule is C=CC1=C(/C=C\C)NC(=O)C1. The fraction of sp³-hybridized carbons (Fsp3) is 0.222. The third-order valence-corrected chi connectivity index (χ3v) is 1.55. The van der Waals surface area contributed by atoms with E-state index in [2.05, 4.69) is 11.9 Å². The maximum Gasteiger partial charge on any atom is 0.228 e. The highest BCUT2D eigenvalue weighted by Gasteiger charge is 2.15. The molecule has 1 aliphatic rings. The van der Waals surface area contributed by atoms with Gasteiger partial charge in [-0.3, -0.25) is 4.79 Å². The number of amides is 1. The van der Waals surface area contributed by atoms with Crippen LogP contribution in [0.3, 0.4) is 0 Å². The quantitative estimate of drug-likeness (QED) is 0.633. The van der Waals surface area contributed by atoms with Crippen molar-refractivity contribution in [2.75, 3.05) is 0 Å². The van der Waals surface area contributed by atoms with E-state index in [1.807, 2.05) is 19.1 Å². The molecule has 1 heterocycles. The molecule has 0 aromatic heterocycles. The van der Waals surface area contributed by atoms with Crippen LogP contribution in [0.25, 0.3) is 0 Å². The van der Waals surface area contributed by atoms with E-state index in [9.17, 15) is 4.79 Å². The monoisotopic (exact) mass is 149 g/mol. The average molecular weight is 149 g/mol. The van der Waals surface area contributed by atoms with Gasteiger partial charge in [0.15, 0.2) is 0 Å². The van der Waals surface area contributed by atoms with Crippen LogP contribution in [0, 0.1) is 0 Å². The molecule has 1 amide bonds. The first-order chi connectivity index (χ1) is 5.27. The predicted octanol–water partition coefficient (Wildman–Crippen LogP) is 1.52. The minimum absolute atomic E-state index is 0.0491. The Hall–Kier alpha value is -1.31. The highest BCUT2D eigenvalue weighted by molar-refractivity contribution is 5.85. The van der Waals surface area contributed by atoms with Crippen LogP contribution in [0.1, 0.15) is 13.3 Å². The van der Waals surface area contributed by atoms with Gasteiger partial charge in [-0.15, -0.1) is 0 Å². The summed E-state index contributed by atoms with van der Waals surface area (Å²) >= 11 is 0. The maximum absolute atomic E-state index is 10.9. The van der Waals surface area contributed by atoms with Crippen molar-refractivity contribution in [2.24, 2.45) is 0 Å². The third kappa shape index (κ3) is 1.58. The largest absolute Gasteiger partial charge is 0.326 e. The first-order valence-electron chi connectivity index (χ1n) is 3.56. The molecular formula is C9H11NO. The van der Waals surface area contributed by atoms with Crippen LogP contribution in [-0.2, 0) is 4.79 Å². The molecule has 0 atom stereocenters. The van der Waals surface area contributed by atoms with E-state index in [4.69, 9.17) is 0 Å². The molecule has 2 nitrogen and oxygen atoms in total. The minimum Gasteiger partial charge on any atom is -0.326 e. The lowest BCUT2D eigenvalue weighted by molar-refractivity contribution is -0.118. The number of carbonyl (C=O) groups excluding carboxylic acids is 1. The van der Waals surface area contributed by atoms with E-state index in [1.54, 1.807) is 6.08 Å². The molecule has 0 radical (unpaired) electrons. The summed E-state index contributed by atoms with van der Waals surface area (Å²) < 4.78 is 0. The lowest BCUT2D eigenvalue weighted by atomic mass is 10.2. The summed E-state index contributed by atoms with van der Waals surface area (Å²) in [6.07, 6.45) is 5.95. The predicted molar refractivity (Wildman–Crippen MR) is 44.8 cm³/mol. The van der Waals surface area contributed by atoms with Gasteiger partial charge in [0.1, 0.15) is 0 Å². The first-order valence-corrected chi connectivity index (χ1v) is 3.56. The van der Waals surface area contributed by atoms with Crippen molar-refractivity contribution >= 4 is 5.91 Å². The van der Waals surface area contributed by atoms with Gasteiger partial charge in [0.05, 0.1) is 6.42 Å². The Morgan fingerprint density at radius 2 is 2.36 bits per heavy atom. The Balaban J connectivity index is 2.87. The summed E-state index contributed by atoms with van der Waals surface area (Å²) in [5.74, 6) is 0.0491. The molecule has 1 rings (SSSR count). The maximum atomic E-state index is 10.9. The van der Waals surface area contributed by atoms with Crippen molar-refractivity contribution in [1.29, 1.82) is 0 Å². The van der Waals surface area contributed by atoms with Crippen LogP contribution in [0.5, 0.6) is 0 Å². The van der Waals surface area contributed by atoms with Gasteiger partial charge in [-0.05, 0) is 18.6 Å². The van der Waals surface area contributed by atoms with E-state index in [0.29, 0.717) is 6.42 Å². The highest BCUT2D eigenvalue weighted by atomic mass is 16.1. The molecule has 0 spiro atoms. The number of hydrogen-bond acceptors (Lipinski definition) is 1. The number of hydrogen-bond donors (Lipinski definition) is 1. The number of nitrogens with one attached hydrogen (secondary N) is 1. The molecule has 0 saturated heterocycles. The van der Waals surface area contributed by atoms with Gasteiger partial charge in [-0.25, -0.2) is 0 Å². The summed E-state index contributed by atoms with van der Waals surface area (Å²) in [4.78, 5) is 10.9. The van der Waals surface area contributed by atoms with Gasteiger partial charge < -0.3 is 5.32 Å². The van der Waals surface area contributed by atoms with Gasteiger partial charge in [0.25, 0.3) is 0 Å². The molecule has 2 heteroatoms. The van der Waals surface area contributed by atoms with Gasteiger partial charge in [0.2, 0.25) is 5.91 Å². The van der Waals surface area contributed by atoms with Gasteiger partial charge >= 0.3 is 0 Å². The second-order valence-corrected chi connectivity index (χ2v) is 2.37. The molecule has 0 aromatic rings. The summed E-state index contributed by atoms with van der Waals surface area (Å²) in [5.41, 5.74) is 1.86. The minimum atomic E-state index is 0.0491. The fourth-order valence-electron chi connectivity index (χ4n) is 1.04. The van der Waals surface area contributed by atoms with Crippen LogP contribution >= 0.6 is 0 Å². The second kappa shape index (κ2) is 3.19. The molecule has 58 valence electrons. The Bertz CT molecular complexity index is 248. The van der Waals surface area contributed by atoms with Crippen molar-refractivity contribution < 1.29 is 4.79 Å². The Labute approximate surface area is 66.3 Å². The van der Waals surface area contributed by atoms with Crippen LogP contribution < -0.4 is 5.32 Å². The topological polar surface area (TPSA) is 29.1 Å². The van der Waals surface area contributed by atoms with E-state index in [-0.39, 0.29) is 5.91 Å². The molecule has 0 aliphatic carbocycles. The zero-order valence-corrected chi connectivity index (χ0v) is 6.55. The lowest BCUT2D eigenvalue weighted by Gasteiger charge is -1.94. The number of rotatable bonds is 2. The summed E-state index contributed by atoms with van der Waals surface area (Å²) in [6, 6.07) is 0. The summed E-state index contributed by atoms with van der Waals surface area (Å²) in [6.45, 7) is 5.54. The normalized spacial score (nSPS) is 17.7. The standard InChI is InChI=1S/C9H11NO/c1-3-5-8-7(4-2)6-9(11)10-8/h3-5H,2,6H2,1H3,(H,10,11)/b5-3-. The second-order valence-electron chi connectivity index (χ2n) is 2.37. The third-order valence-electron chi connectivity index (χ3n) is 1.55. The lowest BCUT2D eigenvalue weighted by Crippen LogP contribution is -2.13. The molecule has 0 unspecified atom stereocenters. The molecule has 0 bridgehead atoms. The fourth-order valence-corrected chi connectivity index (χ4v) is 1.04. The Morgan fingerprint density at radius 3 is 2.91 bits per heavy atom. The number of allylic oxidation sites excluding steroid dienone is 3. The zero-order chi connectivity index (χ0) is 8.27. The van der Waals surface area contributed by atoms with Crippen molar-refractivity contribution in [3.63, 3.8) is 0 Å². The molecule has 1 aliphatic heterocycles. The first kappa shape index (κ1) is 7.79. The van der Waals surface area contributed by atoms with Gasteiger partial charge in [0, 0.05) is 5.70 Å². The highest BCUT2D eigenvalue weighted by Crippen LogP contribution is 2.15. The van der Waals surface area contributed by atoms with Crippen LogP contribution in [0.2, 0.25) is 0 Å². The van der Waals surface area contributed by atoms with Crippen molar-refractivity contribution in [3.05, 3.63) is 36.1 Å². The molecule has 0 fully saturated rings. The van der Waals surface area contributed by atoms with Crippen molar-refractivity contribution in [1.82, 2.24) is 5.32 Å². The Morgan fingerprint density at radius 1 is 1.64 bits per heavy atom. The number of carbonyl (C=O) groups is 1. The van der Waals surface area contributed by atoms with E-state index >= 15 is 0 Å². The van der Waals surface area contributed by atoms with Crippen LogP contribution in [0.4, 0.5) is 0 Å². The molecule has 1 N–H and O–H groups in total. The van der Waals surface area contributed by atoms with E-state index < -0.39 is 0 Å². The zero-order valence-electron chi connectivity index (χ0n) is 6.55.